The van der Waals surface area contributed by atoms with Crippen molar-refractivity contribution in [3.05, 3.63) is 47.9 Å². The number of aromatic carboxylic acids is 1. The van der Waals surface area contributed by atoms with Crippen LogP contribution in [-0.4, -0.2) is 46.7 Å². The molecule has 2 heterocycles. The second-order valence-electron chi connectivity index (χ2n) is 5.18. The Morgan fingerprint density at radius 3 is 2.83 bits per heavy atom. The zero-order valence-corrected chi connectivity index (χ0v) is 13.4. The fourth-order valence-electron chi connectivity index (χ4n) is 2.62. The van der Waals surface area contributed by atoms with Crippen LogP contribution < -0.4 is 4.74 Å². The lowest BCUT2D eigenvalue weighted by molar-refractivity contribution is 0.0695. The molecular formula is C17H17N3O4. The summed E-state index contributed by atoms with van der Waals surface area (Å²) in [5.74, 6) is -0.300. The van der Waals surface area contributed by atoms with Gasteiger partial charge < -0.3 is 14.6 Å². The van der Waals surface area contributed by atoms with Gasteiger partial charge in [-0.15, -0.1) is 0 Å². The van der Waals surface area contributed by atoms with Gasteiger partial charge in [-0.1, -0.05) is 0 Å². The predicted molar refractivity (Wildman–Crippen MR) is 88.0 cm³/mol. The Balaban J connectivity index is 2.18. The van der Waals surface area contributed by atoms with Crippen molar-refractivity contribution in [2.24, 2.45) is 0 Å². The molecule has 7 heteroatoms. The maximum absolute atomic E-state index is 11.5. The zero-order chi connectivity index (χ0) is 17.1. The molecule has 1 aromatic carbocycles. The monoisotopic (exact) mass is 327 g/mol. The topological polar surface area (TPSA) is 86.5 Å². The van der Waals surface area contributed by atoms with E-state index in [-0.39, 0.29) is 5.56 Å². The van der Waals surface area contributed by atoms with Crippen LogP contribution in [0.2, 0.25) is 0 Å². The Bertz CT molecular complexity index is 889. The van der Waals surface area contributed by atoms with Gasteiger partial charge in [0.1, 0.15) is 11.3 Å². The first kappa shape index (κ1) is 15.9. The van der Waals surface area contributed by atoms with Gasteiger partial charge in [-0.25, -0.2) is 9.48 Å². The van der Waals surface area contributed by atoms with Gasteiger partial charge in [0.15, 0.2) is 0 Å². The van der Waals surface area contributed by atoms with Crippen molar-refractivity contribution >= 4 is 16.9 Å². The first-order valence-electron chi connectivity index (χ1n) is 7.38. The number of rotatable bonds is 6. The summed E-state index contributed by atoms with van der Waals surface area (Å²) in [5, 5.41) is 14.5. The average Bonchev–Trinajstić information content (AvgIpc) is 3.02. The van der Waals surface area contributed by atoms with E-state index in [1.807, 2.05) is 24.3 Å². The Morgan fingerprint density at radius 1 is 1.29 bits per heavy atom. The van der Waals surface area contributed by atoms with E-state index < -0.39 is 5.97 Å². The van der Waals surface area contributed by atoms with Gasteiger partial charge in [-0.05, 0) is 18.2 Å². The van der Waals surface area contributed by atoms with Crippen LogP contribution in [-0.2, 0) is 11.2 Å². The Morgan fingerprint density at radius 2 is 2.12 bits per heavy atom. The fourth-order valence-corrected chi connectivity index (χ4v) is 2.62. The molecule has 0 fully saturated rings. The van der Waals surface area contributed by atoms with Crippen LogP contribution in [0.5, 0.6) is 5.75 Å². The van der Waals surface area contributed by atoms with Gasteiger partial charge in [0, 0.05) is 31.2 Å². The number of benzene rings is 1. The third-order valence-corrected chi connectivity index (χ3v) is 3.80. The molecule has 0 atom stereocenters. The molecule has 0 saturated heterocycles. The van der Waals surface area contributed by atoms with Gasteiger partial charge >= 0.3 is 5.97 Å². The van der Waals surface area contributed by atoms with E-state index in [9.17, 15) is 9.90 Å². The normalized spacial score (nSPS) is 10.9. The lowest BCUT2D eigenvalue weighted by atomic mass is 10.1. The highest BCUT2D eigenvalue weighted by Gasteiger charge is 2.18. The van der Waals surface area contributed by atoms with Crippen molar-refractivity contribution in [2.45, 2.75) is 6.42 Å². The van der Waals surface area contributed by atoms with Gasteiger partial charge in [0.25, 0.3) is 0 Å². The zero-order valence-electron chi connectivity index (χ0n) is 13.4. The number of methoxy groups -OCH3 is 2. The number of hydrogen-bond donors (Lipinski definition) is 1. The number of hydrogen-bond acceptors (Lipinski definition) is 5. The molecule has 0 saturated carbocycles. The minimum atomic E-state index is -1.01. The van der Waals surface area contributed by atoms with E-state index in [1.54, 1.807) is 25.1 Å². The lowest BCUT2D eigenvalue weighted by Crippen LogP contribution is -2.10. The summed E-state index contributed by atoms with van der Waals surface area (Å²) in [4.78, 5) is 15.8. The van der Waals surface area contributed by atoms with Gasteiger partial charge in [0.05, 0.1) is 36.8 Å². The molecule has 3 rings (SSSR count). The number of carbonyl (C=O) groups is 1. The van der Waals surface area contributed by atoms with Crippen LogP contribution in [0.15, 0.2) is 36.7 Å². The summed E-state index contributed by atoms with van der Waals surface area (Å²) < 4.78 is 12.0. The van der Waals surface area contributed by atoms with E-state index in [2.05, 4.69) is 10.1 Å². The SMILES string of the molecule is COCCc1c(C(=O)O)cnn1-c1ccnc2cc(OC)ccc12. The third-order valence-electron chi connectivity index (χ3n) is 3.80. The number of aromatic nitrogens is 3. The number of nitrogens with zero attached hydrogens (tertiary/aromatic N) is 3. The van der Waals surface area contributed by atoms with Crippen LogP contribution >= 0.6 is 0 Å². The highest BCUT2D eigenvalue weighted by Crippen LogP contribution is 2.26. The summed E-state index contributed by atoms with van der Waals surface area (Å²) in [7, 11) is 3.18. The quantitative estimate of drug-likeness (QED) is 0.748. The summed E-state index contributed by atoms with van der Waals surface area (Å²) >= 11 is 0. The minimum absolute atomic E-state index is 0.172. The molecule has 3 aromatic rings. The molecule has 0 aliphatic rings. The summed E-state index contributed by atoms with van der Waals surface area (Å²) in [6.07, 6.45) is 3.47. The molecule has 124 valence electrons. The molecule has 0 spiro atoms. The lowest BCUT2D eigenvalue weighted by Gasteiger charge is -2.11. The van der Waals surface area contributed by atoms with E-state index >= 15 is 0 Å². The number of carboxylic acid groups (broad SMARTS) is 1. The molecule has 1 N–H and O–H groups in total. The molecule has 0 amide bonds. The standard InChI is InChI=1S/C17H17N3O4/c1-23-8-6-16-13(17(21)22)10-19-20(16)15-5-7-18-14-9-11(24-2)3-4-12(14)15/h3-5,7,9-10H,6,8H2,1-2H3,(H,21,22). The van der Waals surface area contributed by atoms with E-state index in [4.69, 9.17) is 9.47 Å². The largest absolute Gasteiger partial charge is 0.497 e. The maximum atomic E-state index is 11.5. The second kappa shape index (κ2) is 6.67. The average molecular weight is 327 g/mol. The van der Waals surface area contributed by atoms with E-state index in [0.29, 0.717) is 24.5 Å². The molecule has 2 aromatic heterocycles. The molecule has 7 nitrogen and oxygen atoms in total. The first-order valence-corrected chi connectivity index (χ1v) is 7.38. The highest BCUT2D eigenvalue weighted by atomic mass is 16.5. The fraction of sp³-hybridized carbons (Fsp3) is 0.235. The van der Waals surface area contributed by atoms with Crippen LogP contribution in [0.1, 0.15) is 16.1 Å². The van der Waals surface area contributed by atoms with Crippen molar-refractivity contribution in [3.8, 4) is 11.4 Å². The maximum Gasteiger partial charge on any atom is 0.339 e. The van der Waals surface area contributed by atoms with Crippen LogP contribution in [0, 0.1) is 0 Å². The van der Waals surface area contributed by atoms with Crippen molar-refractivity contribution in [2.75, 3.05) is 20.8 Å². The number of ether oxygens (including phenoxy) is 2. The predicted octanol–water partition coefficient (Wildman–Crippen LogP) is 2.32. The Labute approximate surface area is 138 Å². The summed E-state index contributed by atoms with van der Waals surface area (Å²) in [6, 6.07) is 7.36. The number of fused-ring (bicyclic) bond motifs is 1. The Kier molecular flexibility index (Phi) is 4.43. The second-order valence-corrected chi connectivity index (χ2v) is 5.18. The molecule has 0 radical (unpaired) electrons. The summed E-state index contributed by atoms with van der Waals surface area (Å²) in [6.45, 7) is 0.406. The Hall–Kier alpha value is -2.93. The van der Waals surface area contributed by atoms with E-state index in [1.165, 1.54) is 6.20 Å². The smallest absolute Gasteiger partial charge is 0.339 e. The third kappa shape index (κ3) is 2.81. The van der Waals surface area contributed by atoms with Gasteiger partial charge in [-0.3, -0.25) is 4.98 Å². The van der Waals surface area contributed by atoms with Crippen molar-refractivity contribution < 1.29 is 19.4 Å². The molecule has 0 aliphatic carbocycles. The van der Waals surface area contributed by atoms with Crippen LogP contribution in [0.3, 0.4) is 0 Å². The van der Waals surface area contributed by atoms with Crippen LogP contribution in [0.25, 0.3) is 16.6 Å². The first-order chi connectivity index (χ1) is 11.7. The molecule has 24 heavy (non-hydrogen) atoms. The van der Waals surface area contributed by atoms with Crippen molar-refractivity contribution in [1.29, 1.82) is 0 Å². The van der Waals surface area contributed by atoms with Crippen molar-refractivity contribution in [1.82, 2.24) is 14.8 Å². The summed E-state index contributed by atoms with van der Waals surface area (Å²) in [5.41, 5.74) is 2.27. The van der Waals surface area contributed by atoms with Gasteiger partial charge in [-0.2, -0.15) is 5.10 Å². The van der Waals surface area contributed by atoms with Crippen LogP contribution in [0.4, 0.5) is 0 Å². The molecular weight excluding hydrogens is 310 g/mol. The number of pyridine rings is 1. The highest BCUT2D eigenvalue weighted by molar-refractivity contribution is 5.91. The molecule has 0 aliphatic heterocycles. The van der Waals surface area contributed by atoms with Gasteiger partial charge in [0.2, 0.25) is 0 Å². The minimum Gasteiger partial charge on any atom is -0.497 e. The molecule has 0 bridgehead atoms. The van der Waals surface area contributed by atoms with Crippen molar-refractivity contribution in [3.63, 3.8) is 0 Å². The molecule has 0 unspecified atom stereocenters. The number of carboxylic acids is 1. The van der Waals surface area contributed by atoms with E-state index in [0.717, 1.165) is 16.6 Å².